The molecule has 0 atom stereocenters. The van der Waals surface area contributed by atoms with Crippen molar-refractivity contribution in [2.75, 3.05) is 0 Å². The van der Waals surface area contributed by atoms with Gasteiger partial charge < -0.3 is 0 Å². The number of pyridine rings is 1. The van der Waals surface area contributed by atoms with Gasteiger partial charge in [-0.05, 0) is 6.42 Å². The normalized spacial score (nSPS) is 10.5. The van der Waals surface area contributed by atoms with Gasteiger partial charge in [0.25, 0.3) is 5.91 Å². The molecular weight excluding hydrogens is 288 g/mol. The number of nitrogens with zero attached hydrogens (tertiary/aromatic N) is 1. The monoisotopic (exact) mass is 319 g/mol. The number of carbonyl (C=O) groups is 2. The van der Waals surface area contributed by atoms with Crippen LogP contribution < -0.4 is 9.88 Å². The molecule has 0 aliphatic heterocycles. The second-order valence-corrected chi connectivity index (χ2v) is 6.10. The molecule has 4 nitrogen and oxygen atoms in total. The number of unbranched alkanes of at least 4 members (excludes halogenated alkanes) is 8. The molecule has 23 heavy (non-hydrogen) atoms. The Labute approximate surface area is 140 Å². The van der Waals surface area contributed by atoms with Gasteiger partial charge >= 0.3 is 0 Å². The lowest BCUT2D eigenvalue weighted by molar-refractivity contribution is -0.684. The van der Waals surface area contributed by atoms with Gasteiger partial charge in [-0.3, -0.25) is 14.9 Å². The molecule has 0 aromatic carbocycles. The summed E-state index contributed by atoms with van der Waals surface area (Å²) in [5.74, 6) is -0.406. The first-order valence-corrected chi connectivity index (χ1v) is 8.99. The van der Waals surface area contributed by atoms with Crippen LogP contribution in [0.2, 0.25) is 0 Å². The summed E-state index contributed by atoms with van der Waals surface area (Å²) in [6, 6.07) is 5.61. The topological polar surface area (TPSA) is 50.1 Å². The lowest BCUT2D eigenvalue weighted by Gasteiger charge is -2.03. The van der Waals surface area contributed by atoms with Crippen molar-refractivity contribution >= 4 is 11.8 Å². The number of aromatic nitrogens is 1. The zero-order valence-electron chi connectivity index (χ0n) is 14.4. The summed E-state index contributed by atoms with van der Waals surface area (Å²) >= 11 is 0. The first-order chi connectivity index (χ1) is 11.2. The molecule has 0 aliphatic carbocycles. The van der Waals surface area contributed by atoms with E-state index in [1.807, 2.05) is 30.6 Å². The lowest BCUT2D eigenvalue weighted by atomic mass is 10.1. The van der Waals surface area contributed by atoms with Crippen molar-refractivity contribution in [2.45, 2.75) is 77.7 Å². The molecule has 0 fully saturated rings. The summed E-state index contributed by atoms with van der Waals surface area (Å²) in [7, 11) is 0. The van der Waals surface area contributed by atoms with Gasteiger partial charge in [0.2, 0.25) is 12.5 Å². The second-order valence-electron chi connectivity index (χ2n) is 6.10. The minimum absolute atomic E-state index is 0.158. The summed E-state index contributed by atoms with van der Waals surface area (Å²) in [6.07, 6.45) is 15.1. The van der Waals surface area contributed by atoms with Crippen LogP contribution >= 0.6 is 0 Å². The van der Waals surface area contributed by atoms with Crippen LogP contribution in [0.15, 0.2) is 30.6 Å². The molecule has 2 amide bonds. The highest BCUT2D eigenvalue weighted by Crippen LogP contribution is 2.10. The van der Waals surface area contributed by atoms with E-state index in [4.69, 9.17) is 0 Å². The van der Waals surface area contributed by atoms with Gasteiger partial charge in [-0.15, -0.1) is 0 Å². The first-order valence-electron chi connectivity index (χ1n) is 8.99. The highest BCUT2D eigenvalue weighted by molar-refractivity contribution is 5.94. The van der Waals surface area contributed by atoms with Crippen LogP contribution in [0.5, 0.6) is 0 Å². The Morgan fingerprint density at radius 1 is 0.783 bits per heavy atom. The predicted molar refractivity (Wildman–Crippen MR) is 91.6 cm³/mol. The van der Waals surface area contributed by atoms with Crippen LogP contribution in [-0.4, -0.2) is 11.8 Å². The summed E-state index contributed by atoms with van der Waals surface area (Å²) < 4.78 is 1.75. The second kappa shape index (κ2) is 12.8. The van der Waals surface area contributed by atoms with Crippen LogP contribution in [-0.2, 0) is 16.1 Å². The highest BCUT2D eigenvalue weighted by Gasteiger charge is 2.11. The molecule has 1 heterocycles. The van der Waals surface area contributed by atoms with Gasteiger partial charge in [-0.2, -0.15) is 4.57 Å². The highest BCUT2D eigenvalue weighted by atomic mass is 16.2. The number of amides is 2. The van der Waals surface area contributed by atoms with Gasteiger partial charge in [0.05, 0.1) is 0 Å². The Hall–Kier alpha value is -1.71. The van der Waals surface area contributed by atoms with Crippen molar-refractivity contribution in [3.8, 4) is 0 Å². The van der Waals surface area contributed by atoms with E-state index in [2.05, 4.69) is 12.2 Å². The molecule has 0 radical (unpaired) electrons. The molecule has 0 saturated carbocycles. The third kappa shape index (κ3) is 10.6. The molecule has 0 spiro atoms. The van der Waals surface area contributed by atoms with Crippen molar-refractivity contribution in [1.82, 2.24) is 5.32 Å². The van der Waals surface area contributed by atoms with Gasteiger partial charge in [-0.1, -0.05) is 64.4 Å². The van der Waals surface area contributed by atoms with E-state index >= 15 is 0 Å². The number of imide groups is 1. The van der Waals surface area contributed by atoms with E-state index in [9.17, 15) is 9.59 Å². The molecule has 0 unspecified atom stereocenters. The molecule has 4 heteroatoms. The SMILES string of the molecule is CCCCCCCCCCCC(=O)NC(=O)C[n+]1ccccc1. The van der Waals surface area contributed by atoms with Crippen molar-refractivity contribution < 1.29 is 14.2 Å². The molecule has 0 aliphatic rings. The summed E-state index contributed by atoms with van der Waals surface area (Å²) in [5, 5.41) is 2.45. The molecule has 1 N–H and O–H groups in total. The predicted octanol–water partition coefficient (Wildman–Crippen LogP) is 3.54. The average Bonchev–Trinajstić information content (AvgIpc) is 2.54. The van der Waals surface area contributed by atoms with Crippen LogP contribution in [0.3, 0.4) is 0 Å². The van der Waals surface area contributed by atoms with Crippen molar-refractivity contribution in [3.63, 3.8) is 0 Å². The smallest absolute Gasteiger partial charge is 0.291 e. The quantitative estimate of drug-likeness (QED) is 0.473. The van der Waals surface area contributed by atoms with Gasteiger partial charge in [0, 0.05) is 18.6 Å². The Balaban J connectivity index is 1.98. The van der Waals surface area contributed by atoms with E-state index in [1.54, 1.807) is 4.57 Å². The van der Waals surface area contributed by atoms with E-state index in [-0.39, 0.29) is 18.4 Å². The molecule has 128 valence electrons. The fourth-order valence-corrected chi connectivity index (χ4v) is 2.56. The molecule has 0 saturated heterocycles. The molecule has 0 bridgehead atoms. The Kier molecular flexibility index (Phi) is 10.8. The minimum Gasteiger partial charge on any atom is -0.291 e. The van der Waals surface area contributed by atoms with E-state index in [0.717, 1.165) is 12.8 Å². The zero-order chi connectivity index (χ0) is 16.8. The number of hydrogen-bond donors (Lipinski definition) is 1. The van der Waals surface area contributed by atoms with Crippen LogP contribution in [0.25, 0.3) is 0 Å². The summed E-state index contributed by atoms with van der Waals surface area (Å²) in [4.78, 5) is 23.4. The van der Waals surface area contributed by atoms with Gasteiger partial charge in [-0.25, -0.2) is 0 Å². The standard InChI is InChI=1S/C19H30N2O2/c1-2-3-4-5-6-7-8-9-11-14-18(22)20-19(23)17-21-15-12-10-13-16-21/h10,12-13,15-16H,2-9,11,14,17H2,1H3/p+1. The first kappa shape index (κ1) is 19.3. The minimum atomic E-state index is -0.248. The summed E-state index contributed by atoms with van der Waals surface area (Å²) in [5.41, 5.74) is 0. The van der Waals surface area contributed by atoms with Crippen molar-refractivity contribution in [3.05, 3.63) is 30.6 Å². The van der Waals surface area contributed by atoms with Gasteiger partial charge in [0.15, 0.2) is 12.4 Å². The number of rotatable bonds is 12. The van der Waals surface area contributed by atoms with Crippen LogP contribution in [0, 0.1) is 0 Å². The van der Waals surface area contributed by atoms with Gasteiger partial charge in [0.1, 0.15) is 0 Å². The van der Waals surface area contributed by atoms with E-state index in [1.165, 1.54) is 44.9 Å². The van der Waals surface area contributed by atoms with Crippen molar-refractivity contribution in [1.29, 1.82) is 0 Å². The number of carbonyl (C=O) groups excluding carboxylic acids is 2. The van der Waals surface area contributed by atoms with Crippen LogP contribution in [0.1, 0.15) is 71.1 Å². The Morgan fingerprint density at radius 3 is 1.96 bits per heavy atom. The lowest BCUT2D eigenvalue weighted by Crippen LogP contribution is -2.44. The zero-order valence-corrected chi connectivity index (χ0v) is 14.4. The van der Waals surface area contributed by atoms with E-state index < -0.39 is 0 Å². The third-order valence-electron chi connectivity index (χ3n) is 3.89. The maximum absolute atomic E-state index is 11.7. The molecule has 1 aromatic rings. The molecular formula is C19H31N2O2+. The maximum atomic E-state index is 11.7. The summed E-state index contributed by atoms with van der Waals surface area (Å²) in [6.45, 7) is 2.42. The van der Waals surface area contributed by atoms with Crippen LogP contribution in [0.4, 0.5) is 0 Å². The number of hydrogen-bond acceptors (Lipinski definition) is 2. The molecule has 1 rings (SSSR count). The average molecular weight is 319 g/mol. The fourth-order valence-electron chi connectivity index (χ4n) is 2.56. The van der Waals surface area contributed by atoms with E-state index in [0.29, 0.717) is 6.42 Å². The third-order valence-corrected chi connectivity index (χ3v) is 3.89. The number of nitrogens with one attached hydrogen (secondary N) is 1. The fraction of sp³-hybridized carbons (Fsp3) is 0.632. The maximum Gasteiger partial charge on any atom is 0.292 e. The largest absolute Gasteiger partial charge is 0.292 e. The molecule has 1 aromatic heterocycles. The Morgan fingerprint density at radius 2 is 1.35 bits per heavy atom. The van der Waals surface area contributed by atoms with Crippen molar-refractivity contribution in [2.24, 2.45) is 0 Å². The Bertz CT molecular complexity index is 446.